The lowest BCUT2D eigenvalue weighted by Crippen LogP contribution is -2.09. The molecule has 0 saturated heterocycles. The first-order valence-electron chi connectivity index (χ1n) is 4.53. The fourth-order valence-corrected chi connectivity index (χ4v) is 1.79. The van der Waals surface area contributed by atoms with Gasteiger partial charge in [0.2, 0.25) is 5.88 Å². The third-order valence-corrected chi connectivity index (χ3v) is 3.14. The van der Waals surface area contributed by atoms with Gasteiger partial charge in [0.25, 0.3) is 0 Å². The lowest BCUT2D eigenvalue weighted by Gasteiger charge is -2.10. The van der Waals surface area contributed by atoms with Crippen LogP contribution in [0.2, 0.25) is 5.02 Å². The summed E-state index contributed by atoms with van der Waals surface area (Å²) in [6, 6.07) is 1.79. The van der Waals surface area contributed by atoms with Crippen molar-refractivity contribution in [3.05, 3.63) is 21.8 Å². The van der Waals surface area contributed by atoms with Gasteiger partial charge in [-0.1, -0.05) is 18.5 Å². The van der Waals surface area contributed by atoms with Gasteiger partial charge in [-0.05, 0) is 34.8 Å². The lowest BCUT2D eigenvalue weighted by atomic mass is 10.2. The highest BCUT2D eigenvalue weighted by atomic mass is 79.9. The maximum atomic E-state index is 5.96. The predicted octanol–water partition coefficient (Wildman–Crippen LogP) is 3.68. The van der Waals surface area contributed by atoms with E-state index in [9.17, 15) is 0 Å². The Morgan fingerprint density at radius 2 is 2.36 bits per heavy atom. The van der Waals surface area contributed by atoms with Gasteiger partial charge in [-0.25, -0.2) is 4.98 Å². The summed E-state index contributed by atoms with van der Waals surface area (Å²) in [5.41, 5.74) is 0.359. The molecule has 4 heteroatoms. The number of halogens is 2. The van der Waals surface area contributed by atoms with Crippen LogP contribution in [0.5, 0.6) is 5.88 Å². The number of hydrogen-bond acceptors (Lipinski definition) is 2. The Hall–Kier alpha value is -0.280. The molecule has 0 radical (unpaired) electrons. The van der Waals surface area contributed by atoms with Crippen molar-refractivity contribution < 1.29 is 4.74 Å². The topological polar surface area (TPSA) is 22.1 Å². The third kappa shape index (κ3) is 2.39. The second kappa shape index (κ2) is 3.70. The summed E-state index contributed by atoms with van der Waals surface area (Å²) in [7, 11) is 0. The van der Waals surface area contributed by atoms with Crippen LogP contribution in [0, 0.1) is 5.41 Å². The van der Waals surface area contributed by atoms with Gasteiger partial charge in [-0.2, -0.15) is 0 Å². The number of pyridine rings is 1. The van der Waals surface area contributed by atoms with E-state index < -0.39 is 0 Å². The molecule has 0 aliphatic heterocycles. The van der Waals surface area contributed by atoms with Crippen molar-refractivity contribution in [2.24, 2.45) is 5.41 Å². The smallest absolute Gasteiger partial charge is 0.232 e. The maximum absolute atomic E-state index is 5.96. The average Bonchev–Trinajstić information content (AvgIpc) is 2.83. The standard InChI is InChI=1S/C10H11BrClNO/c1-10(2-3-10)6-14-9-8(12)4-7(11)5-13-9/h4-5H,2-3,6H2,1H3. The lowest BCUT2D eigenvalue weighted by molar-refractivity contribution is 0.239. The van der Waals surface area contributed by atoms with E-state index in [0.717, 1.165) is 4.47 Å². The fourth-order valence-electron chi connectivity index (χ4n) is 1.11. The molecule has 0 aromatic carbocycles. The quantitative estimate of drug-likeness (QED) is 0.840. The van der Waals surface area contributed by atoms with Crippen molar-refractivity contribution in [1.29, 1.82) is 0 Å². The maximum Gasteiger partial charge on any atom is 0.232 e. The summed E-state index contributed by atoms with van der Waals surface area (Å²) in [6.45, 7) is 2.92. The van der Waals surface area contributed by atoms with Crippen LogP contribution in [-0.2, 0) is 0 Å². The molecule has 76 valence electrons. The molecule has 0 bridgehead atoms. The molecule has 2 rings (SSSR count). The minimum absolute atomic E-state index is 0.359. The Labute approximate surface area is 96.8 Å². The normalized spacial score (nSPS) is 17.9. The SMILES string of the molecule is CC1(COc2ncc(Br)cc2Cl)CC1. The molecule has 1 saturated carbocycles. The molecular weight excluding hydrogens is 265 g/mol. The van der Waals surface area contributed by atoms with Crippen molar-refractivity contribution >= 4 is 27.5 Å². The average molecular weight is 277 g/mol. The van der Waals surface area contributed by atoms with Gasteiger partial charge in [-0.3, -0.25) is 0 Å². The second-order valence-corrected chi connectivity index (χ2v) is 5.36. The van der Waals surface area contributed by atoms with E-state index in [4.69, 9.17) is 16.3 Å². The van der Waals surface area contributed by atoms with Gasteiger partial charge in [0, 0.05) is 16.1 Å². The second-order valence-electron chi connectivity index (χ2n) is 4.04. The van der Waals surface area contributed by atoms with Gasteiger partial charge in [0.15, 0.2) is 0 Å². The first-order chi connectivity index (χ1) is 6.59. The zero-order valence-corrected chi connectivity index (χ0v) is 10.2. The van der Waals surface area contributed by atoms with Crippen molar-refractivity contribution in [1.82, 2.24) is 4.98 Å². The van der Waals surface area contributed by atoms with E-state index >= 15 is 0 Å². The summed E-state index contributed by atoms with van der Waals surface area (Å²) in [5.74, 6) is 0.531. The van der Waals surface area contributed by atoms with Crippen LogP contribution < -0.4 is 4.74 Å². The van der Waals surface area contributed by atoms with Crippen molar-refractivity contribution in [3.8, 4) is 5.88 Å². The first-order valence-corrected chi connectivity index (χ1v) is 5.70. The monoisotopic (exact) mass is 275 g/mol. The highest BCUT2D eigenvalue weighted by Crippen LogP contribution is 2.45. The van der Waals surface area contributed by atoms with E-state index in [0.29, 0.717) is 22.9 Å². The molecule has 1 aromatic rings. The Kier molecular flexibility index (Phi) is 2.71. The molecule has 1 aliphatic carbocycles. The summed E-state index contributed by atoms with van der Waals surface area (Å²) >= 11 is 9.26. The zero-order chi connectivity index (χ0) is 10.2. The highest BCUT2D eigenvalue weighted by molar-refractivity contribution is 9.10. The van der Waals surface area contributed by atoms with Crippen LogP contribution in [-0.4, -0.2) is 11.6 Å². The molecule has 1 aromatic heterocycles. The minimum Gasteiger partial charge on any atom is -0.476 e. The van der Waals surface area contributed by atoms with Crippen LogP contribution >= 0.6 is 27.5 Å². The van der Waals surface area contributed by atoms with Crippen LogP contribution in [0.1, 0.15) is 19.8 Å². The molecule has 0 atom stereocenters. The van der Waals surface area contributed by atoms with Crippen molar-refractivity contribution in [2.75, 3.05) is 6.61 Å². The van der Waals surface area contributed by atoms with Crippen molar-refractivity contribution in [3.63, 3.8) is 0 Å². The summed E-state index contributed by atoms with van der Waals surface area (Å²) in [4.78, 5) is 4.11. The Morgan fingerprint density at radius 1 is 1.64 bits per heavy atom. The molecule has 2 nitrogen and oxygen atoms in total. The molecule has 0 spiro atoms. The Bertz CT molecular complexity index is 352. The van der Waals surface area contributed by atoms with Gasteiger partial charge in [0.1, 0.15) is 5.02 Å². The fraction of sp³-hybridized carbons (Fsp3) is 0.500. The van der Waals surface area contributed by atoms with Crippen LogP contribution in [0.4, 0.5) is 0 Å². The van der Waals surface area contributed by atoms with E-state index in [1.165, 1.54) is 12.8 Å². The molecular formula is C10H11BrClNO. The molecule has 1 aliphatic rings. The van der Waals surface area contributed by atoms with E-state index in [1.54, 1.807) is 12.3 Å². The van der Waals surface area contributed by atoms with Crippen LogP contribution in [0.15, 0.2) is 16.7 Å². The molecule has 1 fully saturated rings. The van der Waals surface area contributed by atoms with Gasteiger partial charge in [0.05, 0.1) is 6.61 Å². The molecule has 0 N–H and O–H groups in total. The molecule has 0 unspecified atom stereocenters. The molecule has 14 heavy (non-hydrogen) atoms. The number of rotatable bonds is 3. The number of ether oxygens (including phenoxy) is 1. The first kappa shape index (κ1) is 10.2. The summed E-state index contributed by atoms with van der Waals surface area (Å²) < 4.78 is 6.42. The third-order valence-electron chi connectivity index (χ3n) is 2.43. The Morgan fingerprint density at radius 3 is 2.93 bits per heavy atom. The summed E-state index contributed by atoms with van der Waals surface area (Å²) in [6.07, 6.45) is 4.17. The Balaban J connectivity index is 2.02. The number of nitrogens with zero attached hydrogens (tertiary/aromatic N) is 1. The molecule has 0 amide bonds. The van der Waals surface area contributed by atoms with E-state index in [1.807, 2.05) is 0 Å². The van der Waals surface area contributed by atoms with Crippen LogP contribution in [0.3, 0.4) is 0 Å². The van der Waals surface area contributed by atoms with Gasteiger partial charge in [-0.15, -0.1) is 0 Å². The van der Waals surface area contributed by atoms with Gasteiger partial charge < -0.3 is 4.74 Å². The van der Waals surface area contributed by atoms with E-state index in [-0.39, 0.29) is 0 Å². The number of aromatic nitrogens is 1. The highest BCUT2D eigenvalue weighted by Gasteiger charge is 2.38. The van der Waals surface area contributed by atoms with Crippen LogP contribution in [0.25, 0.3) is 0 Å². The molecule has 1 heterocycles. The summed E-state index contributed by atoms with van der Waals surface area (Å²) in [5, 5.41) is 0.559. The van der Waals surface area contributed by atoms with Gasteiger partial charge >= 0.3 is 0 Å². The predicted molar refractivity (Wildman–Crippen MR) is 59.8 cm³/mol. The van der Waals surface area contributed by atoms with E-state index in [2.05, 4.69) is 27.8 Å². The van der Waals surface area contributed by atoms with Crippen molar-refractivity contribution in [2.45, 2.75) is 19.8 Å². The largest absolute Gasteiger partial charge is 0.476 e. The zero-order valence-electron chi connectivity index (χ0n) is 7.89. The number of hydrogen-bond donors (Lipinski definition) is 0. The minimum atomic E-state index is 0.359.